The van der Waals surface area contributed by atoms with Gasteiger partial charge in [0.25, 0.3) is 5.91 Å². The van der Waals surface area contributed by atoms with Crippen LogP contribution in [0.2, 0.25) is 0 Å². The first-order valence-electron chi connectivity index (χ1n) is 11.0. The third-order valence-electron chi connectivity index (χ3n) is 6.34. The Morgan fingerprint density at radius 3 is 2.50 bits per heavy atom. The summed E-state index contributed by atoms with van der Waals surface area (Å²) >= 11 is 0. The smallest absolute Gasteiger partial charge is 0.341 e. The van der Waals surface area contributed by atoms with Gasteiger partial charge in [-0.05, 0) is 31.0 Å². The fraction of sp³-hybridized carbons (Fsp3) is 0.333. The lowest BCUT2D eigenvalue weighted by Gasteiger charge is -2.37. The minimum absolute atomic E-state index is 0.0196. The zero-order valence-electron chi connectivity index (χ0n) is 18.5. The summed E-state index contributed by atoms with van der Waals surface area (Å²) in [7, 11) is 1.41. The summed E-state index contributed by atoms with van der Waals surface area (Å²) in [5.74, 6) is -2.01. The first-order valence-corrected chi connectivity index (χ1v) is 11.0. The van der Waals surface area contributed by atoms with E-state index < -0.39 is 22.8 Å². The maximum absolute atomic E-state index is 15.4. The van der Waals surface area contributed by atoms with Gasteiger partial charge >= 0.3 is 5.97 Å². The van der Waals surface area contributed by atoms with Crippen molar-refractivity contribution in [3.63, 3.8) is 0 Å². The largest absolute Gasteiger partial charge is 0.492 e. The molecular formula is C24H23FN4O5. The third kappa shape index (κ3) is 3.64. The molecule has 9 nitrogen and oxygen atoms in total. The molecular weight excluding hydrogens is 443 g/mol. The first-order chi connectivity index (χ1) is 16.4. The van der Waals surface area contributed by atoms with Gasteiger partial charge in [0.05, 0.1) is 18.0 Å². The quantitative estimate of drug-likeness (QED) is 0.616. The van der Waals surface area contributed by atoms with Crippen molar-refractivity contribution in [3.05, 3.63) is 64.0 Å². The van der Waals surface area contributed by atoms with E-state index in [1.807, 2.05) is 0 Å². The van der Waals surface area contributed by atoms with Gasteiger partial charge in [-0.1, -0.05) is 6.07 Å². The number of ether oxygens (including phenoxy) is 1. The number of pyridine rings is 2. The normalized spacial score (nSPS) is 16.1. The molecule has 1 aliphatic heterocycles. The summed E-state index contributed by atoms with van der Waals surface area (Å²) in [5.41, 5.74) is -0.183. The number of carbonyl (C=O) groups is 2. The Labute approximate surface area is 194 Å². The molecule has 5 rings (SSSR count). The number of halogens is 1. The van der Waals surface area contributed by atoms with Crippen LogP contribution in [-0.2, 0) is 0 Å². The molecule has 34 heavy (non-hydrogen) atoms. The zero-order valence-corrected chi connectivity index (χ0v) is 18.5. The van der Waals surface area contributed by atoms with E-state index >= 15 is 4.39 Å². The van der Waals surface area contributed by atoms with Crippen molar-refractivity contribution < 1.29 is 23.8 Å². The van der Waals surface area contributed by atoms with Gasteiger partial charge in [-0.25, -0.2) is 9.18 Å². The van der Waals surface area contributed by atoms with Crippen molar-refractivity contribution in [2.24, 2.45) is 0 Å². The number of carboxylic acid groups (broad SMARTS) is 1. The van der Waals surface area contributed by atoms with Gasteiger partial charge in [0, 0.05) is 44.6 Å². The second-order valence-electron chi connectivity index (χ2n) is 8.45. The van der Waals surface area contributed by atoms with E-state index in [1.165, 1.54) is 13.3 Å². The molecule has 0 unspecified atom stereocenters. The minimum Gasteiger partial charge on any atom is -0.492 e. The molecule has 1 N–H and O–H groups in total. The van der Waals surface area contributed by atoms with Gasteiger partial charge in [-0.15, -0.1) is 0 Å². The van der Waals surface area contributed by atoms with Crippen molar-refractivity contribution in [3.8, 4) is 5.75 Å². The Morgan fingerprint density at radius 2 is 1.91 bits per heavy atom. The summed E-state index contributed by atoms with van der Waals surface area (Å²) in [6.45, 7) is 1.45. The molecule has 0 radical (unpaired) electrons. The Morgan fingerprint density at radius 1 is 1.18 bits per heavy atom. The molecule has 1 saturated heterocycles. The lowest BCUT2D eigenvalue weighted by Crippen LogP contribution is -2.49. The van der Waals surface area contributed by atoms with Gasteiger partial charge in [-0.2, -0.15) is 0 Å². The monoisotopic (exact) mass is 466 g/mol. The number of piperazine rings is 1. The molecule has 2 fully saturated rings. The third-order valence-corrected chi connectivity index (χ3v) is 6.34. The molecule has 10 heteroatoms. The average Bonchev–Trinajstić information content (AvgIpc) is 3.69. The van der Waals surface area contributed by atoms with Crippen molar-refractivity contribution in [2.75, 3.05) is 38.2 Å². The lowest BCUT2D eigenvalue weighted by molar-refractivity contribution is 0.0693. The van der Waals surface area contributed by atoms with E-state index in [1.54, 1.807) is 38.8 Å². The van der Waals surface area contributed by atoms with E-state index in [-0.39, 0.29) is 28.8 Å². The highest BCUT2D eigenvalue weighted by atomic mass is 19.1. The Bertz CT molecular complexity index is 1350. The highest BCUT2D eigenvalue weighted by molar-refractivity contribution is 5.97. The number of fused-ring (bicyclic) bond motifs is 1. The highest BCUT2D eigenvalue weighted by Crippen LogP contribution is 2.43. The fourth-order valence-electron chi connectivity index (χ4n) is 4.51. The van der Waals surface area contributed by atoms with Crippen LogP contribution in [0.4, 0.5) is 10.1 Å². The minimum atomic E-state index is -1.35. The van der Waals surface area contributed by atoms with Gasteiger partial charge in [0.2, 0.25) is 5.43 Å². The van der Waals surface area contributed by atoms with Crippen LogP contribution in [0.1, 0.15) is 39.7 Å². The average molecular weight is 466 g/mol. The Hall–Kier alpha value is -3.95. The number of carbonyl (C=O) groups excluding carboxylic acids is 1. The number of benzene rings is 1. The van der Waals surface area contributed by atoms with E-state index in [0.29, 0.717) is 37.4 Å². The number of amides is 1. The molecule has 0 bridgehead atoms. The van der Waals surface area contributed by atoms with Crippen molar-refractivity contribution in [1.29, 1.82) is 0 Å². The Balaban J connectivity index is 1.53. The number of anilines is 1. The zero-order chi connectivity index (χ0) is 24.0. The summed E-state index contributed by atoms with van der Waals surface area (Å²) in [4.78, 5) is 44.8. The Kier molecular flexibility index (Phi) is 5.43. The number of rotatable bonds is 5. The van der Waals surface area contributed by atoms with Crippen LogP contribution in [0.5, 0.6) is 5.75 Å². The molecule has 1 amide bonds. The van der Waals surface area contributed by atoms with Crippen molar-refractivity contribution >= 4 is 28.5 Å². The molecule has 0 spiro atoms. The number of nitrogens with zero attached hydrogens (tertiary/aromatic N) is 4. The standard InChI is InChI=1S/C24H23FN4O5/c1-34-22-19-15(21(30)16(24(32)33)13-29(19)14-5-6-14)12-17(25)20(22)27-8-10-28(11-9-27)23(31)18-4-2-3-7-26-18/h2-4,7,12-14H,5-6,8-11H2,1H3,(H,32,33). The predicted molar refractivity (Wildman–Crippen MR) is 122 cm³/mol. The van der Waals surface area contributed by atoms with E-state index in [9.17, 15) is 19.5 Å². The van der Waals surface area contributed by atoms with Crippen LogP contribution in [0.25, 0.3) is 10.9 Å². The number of hydrogen-bond donors (Lipinski definition) is 1. The SMILES string of the molecule is COc1c(N2CCN(C(=O)c3ccccn3)CC2)c(F)cc2c(=O)c(C(=O)O)cn(C3CC3)c12. The van der Waals surface area contributed by atoms with Crippen LogP contribution in [-0.4, -0.2) is 64.7 Å². The number of hydrogen-bond acceptors (Lipinski definition) is 6. The lowest BCUT2D eigenvalue weighted by atomic mass is 10.1. The van der Waals surface area contributed by atoms with Gasteiger partial charge in [0.1, 0.15) is 16.9 Å². The molecule has 1 aromatic carbocycles. The van der Waals surface area contributed by atoms with Crippen molar-refractivity contribution in [1.82, 2.24) is 14.5 Å². The van der Waals surface area contributed by atoms with Crippen LogP contribution in [0, 0.1) is 5.82 Å². The van der Waals surface area contributed by atoms with E-state index in [4.69, 9.17) is 4.74 Å². The maximum atomic E-state index is 15.4. The van der Waals surface area contributed by atoms with Gasteiger partial charge in [0.15, 0.2) is 11.6 Å². The van der Waals surface area contributed by atoms with Crippen LogP contribution < -0.4 is 15.1 Å². The molecule has 3 heterocycles. The fourth-order valence-corrected chi connectivity index (χ4v) is 4.51. The van der Waals surface area contributed by atoms with E-state index in [2.05, 4.69) is 4.98 Å². The van der Waals surface area contributed by atoms with Crippen LogP contribution in [0.15, 0.2) is 41.5 Å². The van der Waals surface area contributed by atoms with Crippen LogP contribution >= 0.6 is 0 Å². The molecule has 3 aromatic rings. The van der Waals surface area contributed by atoms with Crippen LogP contribution in [0.3, 0.4) is 0 Å². The molecule has 2 aromatic heterocycles. The van der Waals surface area contributed by atoms with Crippen molar-refractivity contribution in [2.45, 2.75) is 18.9 Å². The van der Waals surface area contributed by atoms with E-state index in [0.717, 1.165) is 18.9 Å². The molecule has 1 saturated carbocycles. The summed E-state index contributed by atoms with van der Waals surface area (Å²) in [6.07, 6.45) is 4.56. The predicted octanol–water partition coefficient (Wildman–Crippen LogP) is 2.54. The molecule has 1 aliphatic carbocycles. The second-order valence-corrected chi connectivity index (χ2v) is 8.45. The highest BCUT2D eigenvalue weighted by Gasteiger charge is 2.32. The number of aromatic nitrogens is 2. The number of methoxy groups -OCH3 is 1. The summed E-state index contributed by atoms with van der Waals surface area (Å²) in [6, 6.07) is 6.28. The molecule has 176 valence electrons. The first kappa shape index (κ1) is 21.9. The van der Waals surface area contributed by atoms with Gasteiger partial charge < -0.3 is 24.2 Å². The molecule has 2 aliphatic rings. The number of aromatic carboxylic acids is 1. The maximum Gasteiger partial charge on any atom is 0.341 e. The summed E-state index contributed by atoms with van der Waals surface area (Å²) < 4.78 is 22.8. The summed E-state index contributed by atoms with van der Waals surface area (Å²) in [5, 5.41) is 9.46. The molecule has 0 atom stereocenters. The topological polar surface area (TPSA) is 105 Å². The van der Waals surface area contributed by atoms with Gasteiger partial charge in [-0.3, -0.25) is 14.6 Å². The number of carboxylic acids is 1. The second kappa shape index (κ2) is 8.44.